The second-order valence-corrected chi connectivity index (χ2v) is 13.4. The van der Waals surface area contributed by atoms with Crippen molar-refractivity contribution in [3.05, 3.63) is 43.3 Å². The summed E-state index contributed by atoms with van der Waals surface area (Å²) in [5.74, 6) is 0. The van der Waals surface area contributed by atoms with E-state index in [1.54, 1.807) is 9.13 Å². The number of rotatable bonds is 7. The molecule has 0 radical (unpaired) electrons. The number of aryl methyl sites for hydroxylation is 2. The van der Waals surface area contributed by atoms with Gasteiger partial charge in [-0.25, -0.2) is 0 Å². The Morgan fingerprint density at radius 3 is 1.36 bits per heavy atom. The van der Waals surface area contributed by atoms with Gasteiger partial charge in [0.25, 0.3) is 0 Å². The Hall–Kier alpha value is -1.06. The van der Waals surface area contributed by atoms with E-state index in [0.29, 0.717) is 51.2 Å². The van der Waals surface area contributed by atoms with E-state index in [9.17, 15) is 26.3 Å². The van der Waals surface area contributed by atoms with Crippen LogP contribution in [0.3, 0.4) is 0 Å². The molecule has 2 heterocycles. The van der Waals surface area contributed by atoms with E-state index < -0.39 is 23.5 Å². The van der Waals surface area contributed by atoms with Crippen LogP contribution >= 0.6 is 68.7 Å². The lowest BCUT2D eigenvalue weighted by molar-refractivity contribution is -0.138. The summed E-state index contributed by atoms with van der Waals surface area (Å²) in [6.07, 6.45) is -7.71. The van der Waals surface area contributed by atoms with Gasteiger partial charge in [-0.05, 0) is 61.5 Å². The minimum atomic E-state index is -4.58. The Bertz CT molecular complexity index is 1420. The second kappa shape index (κ2) is 10.6. The highest BCUT2D eigenvalue weighted by Gasteiger charge is 2.34. The molecule has 0 spiro atoms. The van der Waals surface area contributed by atoms with Crippen molar-refractivity contribution in [2.45, 2.75) is 61.9 Å². The topological polar surface area (TPSA) is 9.86 Å². The van der Waals surface area contributed by atoms with Gasteiger partial charge in [-0.3, -0.25) is 0 Å². The third-order valence-electron chi connectivity index (χ3n) is 5.23. The van der Waals surface area contributed by atoms with Gasteiger partial charge >= 0.3 is 12.4 Å². The number of hydrogen-bond donors (Lipinski definition) is 0. The van der Waals surface area contributed by atoms with Gasteiger partial charge < -0.3 is 9.13 Å². The molecule has 0 bridgehead atoms. The van der Waals surface area contributed by atoms with Crippen LogP contribution in [0.2, 0.25) is 0 Å². The number of benzene rings is 2. The Balaban J connectivity index is 1.89. The van der Waals surface area contributed by atoms with Crippen LogP contribution in [-0.2, 0) is 25.4 Å². The summed E-state index contributed by atoms with van der Waals surface area (Å²) in [5.41, 5.74) is -0.513. The minimum Gasteiger partial charge on any atom is -0.322 e. The van der Waals surface area contributed by atoms with Gasteiger partial charge in [0, 0.05) is 22.9 Å². The highest BCUT2D eigenvalue weighted by molar-refractivity contribution is 8.76. The van der Waals surface area contributed by atoms with Crippen LogP contribution in [-0.4, -0.2) is 9.13 Å². The van der Waals surface area contributed by atoms with E-state index >= 15 is 0 Å². The van der Waals surface area contributed by atoms with Crippen LogP contribution in [0.1, 0.15) is 37.8 Å². The summed E-state index contributed by atoms with van der Waals surface area (Å²) >= 11 is 13.0. The maximum Gasteiger partial charge on any atom is 0.416 e. The SMILES string of the molecule is CCCn1c(=S)sc2cc(C(F)(F)F)cc(SSc3cc(C(F)(F)F)cc4sc(=S)n(CCC)c34)c21. The van der Waals surface area contributed by atoms with Crippen molar-refractivity contribution in [1.82, 2.24) is 9.13 Å². The van der Waals surface area contributed by atoms with Crippen LogP contribution in [0, 0.1) is 7.91 Å². The van der Waals surface area contributed by atoms with E-state index in [-0.39, 0.29) is 0 Å². The third kappa shape index (κ3) is 5.53. The third-order valence-corrected chi connectivity index (χ3v) is 10.4. The molecule has 0 saturated carbocycles. The molecular formula is C22H18F6N2S6. The van der Waals surface area contributed by atoms with E-state index in [0.717, 1.165) is 81.4 Å². The van der Waals surface area contributed by atoms with Gasteiger partial charge in [-0.15, -0.1) is 22.7 Å². The fourth-order valence-corrected chi connectivity index (χ4v) is 9.16. The number of hydrogen-bond acceptors (Lipinski definition) is 6. The molecular weight excluding hydrogens is 599 g/mol. The van der Waals surface area contributed by atoms with Gasteiger partial charge in [0.2, 0.25) is 0 Å². The van der Waals surface area contributed by atoms with Crippen molar-refractivity contribution in [3.63, 3.8) is 0 Å². The molecule has 0 N–H and O–H groups in total. The first-order chi connectivity index (χ1) is 16.8. The van der Waals surface area contributed by atoms with Crippen molar-refractivity contribution in [2.75, 3.05) is 0 Å². The van der Waals surface area contributed by atoms with Crippen molar-refractivity contribution < 1.29 is 26.3 Å². The number of nitrogens with zero attached hydrogens (tertiary/aromatic N) is 2. The van der Waals surface area contributed by atoms with Gasteiger partial charge in [0.1, 0.15) is 0 Å². The lowest BCUT2D eigenvalue weighted by Gasteiger charge is -2.14. The molecule has 0 fully saturated rings. The molecule has 2 nitrogen and oxygen atoms in total. The molecule has 0 aliphatic heterocycles. The monoisotopic (exact) mass is 616 g/mol. The van der Waals surface area contributed by atoms with Crippen molar-refractivity contribution >= 4 is 89.1 Å². The van der Waals surface area contributed by atoms with E-state index in [1.165, 1.54) is 0 Å². The predicted molar refractivity (Wildman–Crippen MR) is 144 cm³/mol. The van der Waals surface area contributed by atoms with E-state index in [4.69, 9.17) is 24.4 Å². The lowest BCUT2D eigenvalue weighted by Crippen LogP contribution is -2.06. The summed E-state index contributed by atoms with van der Waals surface area (Å²) in [6.45, 7) is 4.92. The predicted octanol–water partition coefficient (Wildman–Crippen LogP) is 10.8. The zero-order chi connectivity index (χ0) is 26.4. The second-order valence-electron chi connectivity index (χ2n) is 7.84. The standard InChI is InChI=1S/C22H18F6N2S6/c1-3-5-29-17-13(33-19(29)31)7-11(21(23,24)25)9-15(17)35-36-16-10-12(22(26,27)28)8-14-18(16)30(6-4-2)20(32)34-14/h7-10H,3-6H2,1-2H3. The van der Waals surface area contributed by atoms with Crippen LogP contribution in [0.15, 0.2) is 34.1 Å². The molecule has 36 heavy (non-hydrogen) atoms. The molecule has 0 atom stereocenters. The van der Waals surface area contributed by atoms with Gasteiger partial charge in [-0.2, -0.15) is 26.3 Å². The van der Waals surface area contributed by atoms with Gasteiger partial charge in [0.05, 0.1) is 31.6 Å². The number of thiazole rings is 2. The minimum absolute atomic E-state index is 0.298. The normalized spacial score (nSPS) is 12.8. The Morgan fingerprint density at radius 1 is 0.694 bits per heavy atom. The molecule has 2 aromatic carbocycles. The highest BCUT2D eigenvalue weighted by atomic mass is 33.1. The van der Waals surface area contributed by atoms with Crippen molar-refractivity contribution in [2.24, 2.45) is 0 Å². The first kappa shape index (κ1) is 28.0. The average Bonchev–Trinajstić information content (AvgIpc) is 3.27. The molecule has 0 unspecified atom stereocenters. The number of aromatic nitrogens is 2. The summed E-state index contributed by atoms with van der Waals surface area (Å²) in [6, 6.07) is 4.25. The summed E-state index contributed by atoms with van der Waals surface area (Å²) in [4.78, 5) is 0.596. The Morgan fingerprint density at radius 2 is 1.06 bits per heavy atom. The first-order valence-electron chi connectivity index (χ1n) is 10.7. The van der Waals surface area contributed by atoms with Gasteiger partial charge in [0.15, 0.2) is 7.91 Å². The fraction of sp³-hybridized carbons (Fsp3) is 0.364. The summed E-state index contributed by atoms with van der Waals surface area (Å²) in [7, 11) is 2.01. The summed E-state index contributed by atoms with van der Waals surface area (Å²) < 4.78 is 87.3. The Labute approximate surface area is 228 Å². The molecule has 4 rings (SSSR count). The number of alkyl halides is 6. The molecule has 0 aliphatic rings. The molecule has 4 aromatic rings. The quantitative estimate of drug-likeness (QED) is 0.116. The fourth-order valence-electron chi connectivity index (χ4n) is 3.73. The van der Waals surface area contributed by atoms with Crippen LogP contribution in [0.5, 0.6) is 0 Å². The van der Waals surface area contributed by atoms with Crippen LogP contribution < -0.4 is 0 Å². The molecule has 0 saturated heterocycles. The summed E-state index contributed by atoms with van der Waals surface area (Å²) in [5, 5.41) is 0. The van der Waals surface area contributed by atoms with Crippen LogP contribution in [0.25, 0.3) is 20.4 Å². The molecule has 194 valence electrons. The number of halogens is 6. The zero-order valence-corrected chi connectivity index (χ0v) is 23.6. The lowest BCUT2D eigenvalue weighted by atomic mass is 10.2. The van der Waals surface area contributed by atoms with E-state index in [2.05, 4.69) is 0 Å². The molecule has 2 aromatic heterocycles. The maximum absolute atomic E-state index is 13.7. The smallest absolute Gasteiger partial charge is 0.322 e. The largest absolute Gasteiger partial charge is 0.416 e. The Kier molecular flexibility index (Phi) is 8.23. The van der Waals surface area contributed by atoms with Crippen molar-refractivity contribution in [3.8, 4) is 0 Å². The maximum atomic E-state index is 13.7. The first-order valence-corrected chi connectivity index (χ1v) is 15.3. The zero-order valence-electron chi connectivity index (χ0n) is 18.7. The molecule has 0 aliphatic carbocycles. The highest BCUT2D eigenvalue weighted by Crippen LogP contribution is 2.48. The van der Waals surface area contributed by atoms with Crippen molar-refractivity contribution in [1.29, 1.82) is 0 Å². The molecule has 0 amide bonds. The van der Waals surface area contributed by atoms with E-state index in [1.807, 2.05) is 13.8 Å². The number of fused-ring (bicyclic) bond motifs is 2. The van der Waals surface area contributed by atoms with Gasteiger partial charge in [-0.1, -0.05) is 35.4 Å². The average molecular weight is 617 g/mol. The van der Waals surface area contributed by atoms with Crippen LogP contribution in [0.4, 0.5) is 26.3 Å². The molecule has 14 heteroatoms.